The van der Waals surface area contributed by atoms with Gasteiger partial charge in [0.15, 0.2) is 0 Å². The van der Waals surface area contributed by atoms with Crippen LogP contribution < -0.4 is 11.1 Å². The molecule has 0 fully saturated rings. The van der Waals surface area contributed by atoms with E-state index in [-0.39, 0.29) is 11.6 Å². The van der Waals surface area contributed by atoms with E-state index < -0.39 is 0 Å². The molecule has 1 aromatic heterocycles. The van der Waals surface area contributed by atoms with E-state index >= 15 is 0 Å². The molecule has 0 aromatic carbocycles. The summed E-state index contributed by atoms with van der Waals surface area (Å²) in [5.74, 6) is 0. The molecule has 1 unspecified atom stereocenters. The lowest BCUT2D eigenvalue weighted by molar-refractivity contribution is 0.0617. The predicted molar refractivity (Wildman–Crippen MR) is 72.2 cm³/mol. The molecule has 0 aliphatic heterocycles. The van der Waals surface area contributed by atoms with Gasteiger partial charge in [-0.1, -0.05) is 0 Å². The molecule has 1 rings (SSSR count). The van der Waals surface area contributed by atoms with Crippen molar-refractivity contribution in [2.45, 2.75) is 38.8 Å². The van der Waals surface area contributed by atoms with Gasteiger partial charge in [-0.15, -0.1) is 11.3 Å². The van der Waals surface area contributed by atoms with Crippen molar-refractivity contribution in [3.05, 3.63) is 16.6 Å². The molecule has 5 heteroatoms. The summed E-state index contributed by atoms with van der Waals surface area (Å²) in [4.78, 5) is 4.34. The molecule has 98 valence electrons. The third kappa shape index (κ3) is 4.71. The van der Waals surface area contributed by atoms with E-state index in [0.717, 1.165) is 24.6 Å². The number of thiazole rings is 1. The first kappa shape index (κ1) is 14.6. The van der Waals surface area contributed by atoms with E-state index in [1.165, 1.54) is 0 Å². The van der Waals surface area contributed by atoms with Gasteiger partial charge < -0.3 is 15.8 Å². The van der Waals surface area contributed by atoms with Gasteiger partial charge in [-0.05, 0) is 33.7 Å². The quantitative estimate of drug-likeness (QED) is 0.744. The summed E-state index contributed by atoms with van der Waals surface area (Å²) in [5.41, 5.74) is 5.56. The van der Waals surface area contributed by atoms with Crippen molar-refractivity contribution in [1.82, 2.24) is 10.3 Å². The maximum Gasteiger partial charge on any atom is 0.112 e. The minimum atomic E-state index is -0.0838. The maximum absolute atomic E-state index is 5.64. The average Bonchev–Trinajstić information content (AvgIpc) is 2.81. The average molecular weight is 257 g/mol. The number of nitrogens with two attached hydrogens (primary N) is 1. The summed E-state index contributed by atoms with van der Waals surface area (Å²) in [5, 5.41) is 6.61. The van der Waals surface area contributed by atoms with E-state index in [0.29, 0.717) is 6.54 Å². The number of hydrogen-bond acceptors (Lipinski definition) is 5. The van der Waals surface area contributed by atoms with Crippen molar-refractivity contribution in [2.24, 2.45) is 5.73 Å². The first-order valence-electron chi connectivity index (χ1n) is 6.06. The highest BCUT2D eigenvalue weighted by Crippen LogP contribution is 2.21. The largest absolute Gasteiger partial charge is 0.377 e. The van der Waals surface area contributed by atoms with Crippen molar-refractivity contribution >= 4 is 11.3 Å². The first-order valence-corrected chi connectivity index (χ1v) is 6.94. The number of aromatic nitrogens is 1. The monoisotopic (exact) mass is 257 g/mol. The van der Waals surface area contributed by atoms with Crippen LogP contribution in [-0.4, -0.2) is 30.8 Å². The highest BCUT2D eigenvalue weighted by Gasteiger charge is 2.22. The van der Waals surface area contributed by atoms with Crippen molar-refractivity contribution in [2.75, 3.05) is 19.7 Å². The van der Waals surface area contributed by atoms with E-state index in [9.17, 15) is 0 Å². The highest BCUT2D eigenvalue weighted by molar-refractivity contribution is 7.09. The third-order valence-corrected chi connectivity index (χ3v) is 3.76. The number of ether oxygens (including phenoxy) is 1. The Bertz CT molecular complexity index is 301. The van der Waals surface area contributed by atoms with E-state index in [1.54, 1.807) is 11.3 Å². The van der Waals surface area contributed by atoms with Crippen LogP contribution >= 0.6 is 11.3 Å². The smallest absolute Gasteiger partial charge is 0.112 e. The Morgan fingerprint density at radius 3 is 2.88 bits per heavy atom. The lowest BCUT2D eigenvalue weighted by Crippen LogP contribution is -2.39. The van der Waals surface area contributed by atoms with Gasteiger partial charge in [0.05, 0.1) is 11.6 Å². The second-order valence-corrected chi connectivity index (χ2v) is 5.39. The molecule has 0 spiro atoms. The molecule has 0 saturated heterocycles. The fraction of sp³-hybridized carbons (Fsp3) is 0.750. The number of nitrogens with one attached hydrogen (secondary N) is 1. The number of rotatable bonds is 8. The lowest BCUT2D eigenvalue weighted by atomic mass is 10.1. The minimum Gasteiger partial charge on any atom is -0.377 e. The van der Waals surface area contributed by atoms with Crippen molar-refractivity contribution in [3.63, 3.8) is 0 Å². The number of hydrogen-bond donors (Lipinski definition) is 2. The zero-order valence-corrected chi connectivity index (χ0v) is 11.7. The molecule has 0 aliphatic carbocycles. The van der Waals surface area contributed by atoms with Crippen LogP contribution in [0.5, 0.6) is 0 Å². The van der Waals surface area contributed by atoms with Crippen LogP contribution in [0, 0.1) is 0 Å². The molecule has 4 nitrogen and oxygen atoms in total. The standard InChI is InChI=1S/C12H23N3OS/c1-4-16-10(9-13)5-6-15-12(2,3)11-14-7-8-17-11/h7-8,10,15H,4-6,9,13H2,1-3H3. The van der Waals surface area contributed by atoms with Crippen LogP contribution in [0.15, 0.2) is 11.6 Å². The van der Waals surface area contributed by atoms with Crippen LogP contribution in [0.25, 0.3) is 0 Å². The van der Waals surface area contributed by atoms with Gasteiger partial charge in [0.25, 0.3) is 0 Å². The van der Waals surface area contributed by atoms with E-state index in [2.05, 4.69) is 24.1 Å². The lowest BCUT2D eigenvalue weighted by Gasteiger charge is -2.25. The molecule has 1 heterocycles. The summed E-state index contributed by atoms with van der Waals surface area (Å²) < 4.78 is 5.52. The van der Waals surface area contributed by atoms with Crippen molar-refractivity contribution < 1.29 is 4.74 Å². The van der Waals surface area contributed by atoms with E-state index in [1.807, 2.05) is 18.5 Å². The molecule has 0 bridgehead atoms. The Balaban J connectivity index is 2.35. The van der Waals surface area contributed by atoms with Crippen LogP contribution in [0.3, 0.4) is 0 Å². The van der Waals surface area contributed by atoms with Crippen molar-refractivity contribution in [3.8, 4) is 0 Å². The van der Waals surface area contributed by atoms with Crippen LogP contribution in [0.1, 0.15) is 32.2 Å². The van der Waals surface area contributed by atoms with Gasteiger partial charge in [-0.2, -0.15) is 0 Å². The summed E-state index contributed by atoms with van der Waals surface area (Å²) in [6.07, 6.45) is 2.92. The summed E-state index contributed by atoms with van der Waals surface area (Å²) >= 11 is 1.68. The summed E-state index contributed by atoms with van der Waals surface area (Å²) in [6.45, 7) is 8.46. The zero-order chi connectivity index (χ0) is 12.7. The van der Waals surface area contributed by atoms with Gasteiger partial charge in [0.1, 0.15) is 5.01 Å². The van der Waals surface area contributed by atoms with Gasteiger partial charge >= 0.3 is 0 Å². The van der Waals surface area contributed by atoms with Gasteiger partial charge in [-0.3, -0.25) is 0 Å². The maximum atomic E-state index is 5.64. The summed E-state index contributed by atoms with van der Waals surface area (Å²) in [6, 6.07) is 0. The molecule has 0 aliphatic rings. The third-order valence-electron chi connectivity index (χ3n) is 2.67. The molecule has 0 radical (unpaired) electrons. The fourth-order valence-corrected chi connectivity index (χ4v) is 2.40. The first-order chi connectivity index (χ1) is 8.10. The molecule has 1 atom stereocenters. The summed E-state index contributed by atoms with van der Waals surface area (Å²) in [7, 11) is 0. The van der Waals surface area contributed by atoms with Gasteiger partial charge in [0.2, 0.25) is 0 Å². The normalized spacial score (nSPS) is 13.9. The Hall–Kier alpha value is -0.490. The molecule has 3 N–H and O–H groups in total. The molecule has 17 heavy (non-hydrogen) atoms. The molecular weight excluding hydrogens is 234 g/mol. The molecular formula is C12H23N3OS. The van der Waals surface area contributed by atoms with Crippen LogP contribution in [-0.2, 0) is 10.3 Å². The molecule has 1 aromatic rings. The van der Waals surface area contributed by atoms with Crippen molar-refractivity contribution in [1.29, 1.82) is 0 Å². The second-order valence-electron chi connectivity index (χ2n) is 4.49. The SMILES string of the molecule is CCOC(CN)CCNC(C)(C)c1nccs1. The Kier molecular flexibility index (Phi) is 6.05. The van der Waals surface area contributed by atoms with Gasteiger partial charge in [-0.25, -0.2) is 4.98 Å². The Morgan fingerprint density at radius 2 is 2.35 bits per heavy atom. The van der Waals surface area contributed by atoms with E-state index in [4.69, 9.17) is 10.5 Å². The number of nitrogens with zero attached hydrogens (tertiary/aromatic N) is 1. The fourth-order valence-electron chi connectivity index (χ4n) is 1.66. The molecule has 0 amide bonds. The highest BCUT2D eigenvalue weighted by atomic mass is 32.1. The van der Waals surface area contributed by atoms with Crippen LogP contribution in [0.4, 0.5) is 0 Å². The Labute approximate surface area is 108 Å². The zero-order valence-electron chi connectivity index (χ0n) is 10.9. The second kappa shape index (κ2) is 7.06. The Morgan fingerprint density at radius 1 is 1.59 bits per heavy atom. The van der Waals surface area contributed by atoms with Gasteiger partial charge in [0, 0.05) is 24.7 Å². The minimum absolute atomic E-state index is 0.0838. The topological polar surface area (TPSA) is 60.2 Å². The molecule has 0 saturated carbocycles. The predicted octanol–water partition coefficient (Wildman–Crippen LogP) is 1.72. The van der Waals surface area contributed by atoms with Crippen LogP contribution in [0.2, 0.25) is 0 Å².